The minimum atomic E-state index is 0.492. The largest absolute Gasteiger partial charge is 0.286 e. The molecule has 74 valence electrons. The van der Waals surface area contributed by atoms with Gasteiger partial charge in [0, 0.05) is 12.6 Å². The quantitative estimate of drug-likeness (QED) is 0.655. The Morgan fingerprint density at radius 1 is 1.29 bits per heavy atom. The average molecular weight is 187 g/mol. The zero-order valence-electron chi connectivity index (χ0n) is 8.90. The Balaban J connectivity index is 2.61. The van der Waals surface area contributed by atoms with Crippen LogP contribution in [-0.2, 0) is 6.54 Å². The molecule has 0 amide bonds. The molecule has 1 aromatic carbocycles. The second-order valence-electron chi connectivity index (χ2n) is 3.69. The maximum absolute atomic E-state index is 5.33. The van der Waals surface area contributed by atoms with Gasteiger partial charge in [-0.15, -0.1) is 6.42 Å². The summed E-state index contributed by atoms with van der Waals surface area (Å²) in [4.78, 5) is 2.27. The van der Waals surface area contributed by atoms with Crippen LogP contribution in [0.2, 0.25) is 0 Å². The smallest absolute Gasteiger partial charge is 0.0604 e. The summed E-state index contributed by atoms with van der Waals surface area (Å²) >= 11 is 0. The van der Waals surface area contributed by atoms with E-state index in [1.165, 1.54) is 5.56 Å². The molecule has 0 aliphatic heterocycles. The highest BCUT2D eigenvalue weighted by atomic mass is 15.1. The Bertz CT molecular complexity index is 295. The minimum absolute atomic E-state index is 0.492. The first-order valence-corrected chi connectivity index (χ1v) is 4.95. The van der Waals surface area contributed by atoms with Crippen molar-refractivity contribution in [2.45, 2.75) is 26.4 Å². The lowest BCUT2D eigenvalue weighted by Gasteiger charge is -2.23. The number of benzene rings is 1. The van der Waals surface area contributed by atoms with Crippen molar-refractivity contribution >= 4 is 0 Å². The number of terminal acetylenes is 1. The third-order valence-corrected chi connectivity index (χ3v) is 2.25. The van der Waals surface area contributed by atoms with E-state index in [1.807, 2.05) is 6.07 Å². The maximum Gasteiger partial charge on any atom is 0.0604 e. The SMILES string of the molecule is C#CCN(Cc1ccccc1)C(C)C. The second-order valence-corrected chi connectivity index (χ2v) is 3.69. The van der Waals surface area contributed by atoms with E-state index in [9.17, 15) is 0 Å². The van der Waals surface area contributed by atoms with Crippen LogP contribution in [0.3, 0.4) is 0 Å². The molecule has 0 N–H and O–H groups in total. The molecule has 0 unspecified atom stereocenters. The molecule has 0 aliphatic rings. The van der Waals surface area contributed by atoms with Crippen molar-refractivity contribution < 1.29 is 0 Å². The lowest BCUT2D eigenvalue weighted by Crippen LogP contribution is -2.30. The lowest BCUT2D eigenvalue weighted by atomic mass is 10.2. The van der Waals surface area contributed by atoms with E-state index in [0.717, 1.165) is 6.54 Å². The van der Waals surface area contributed by atoms with Gasteiger partial charge >= 0.3 is 0 Å². The zero-order chi connectivity index (χ0) is 10.4. The molecule has 1 nitrogen and oxygen atoms in total. The monoisotopic (exact) mass is 187 g/mol. The summed E-state index contributed by atoms with van der Waals surface area (Å²) in [5, 5.41) is 0. The molecule has 1 heteroatoms. The van der Waals surface area contributed by atoms with Crippen molar-refractivity contribution in [3.05, 3.63) is 35.9 Å². The molecule has 0 atom stereocenters. The summed E-state index contributed by atoms with van der Waals surface area (Å²) in [5.41, 5.74) is 1.32. The van der Waals surface area contributed by atoms with Gasteiger partial charge in [0.05, 0.1) is 6.54 Å². The van der Waals surface area contributed by atoms with E-state index in [1.54, 1.807) is 0 Å². The molecule has 1 aromatic rings. The Morgan fingerprint density at radius 3 is 2.43 bits per heavy atom. The molecular weight excluding hydrogens is 170 g/mol. The van der Waals surface area contributed by atoms with Crippen LogP contribution in [-0.4, -0.2) is 17.5 Å². The van der Waals surface area contributed by atoms with Crippen LogP contribution in [0.5, 0.6) is 0 Å². The standard InChI is InChI=1S/C13H17N/c1-4-10-14(12(2)3)11-13-8-6-5-7-9-13/h1,5-9,12H,10-11H2,2-3H3. The highest BCUT2D eigenvalue weighted by Crippen LogP contribution is 2.06. The van der Waals surface area contributed by atoms with E-state index in [4.69, 9.17) is 6.42 Å². The first-order chi connectivity index (χ1) is 6.74. The van der Waals surface area contributed by atoms with Gasteiger partial charge in [0.15, 0.2) is 0 Å². The summed E-state index contributed by atoms with van der Waals surface area (Å²) in [7, 11) is 0. The minimum Gasteiger partial charge on any atom is -0.286 e. The van der Waals surface area contributed by atoms with E-state index in [2.05, 4.69) is 48.9 Å². The Hall–Kier alpha value is -1.26. The molecule has 0 fully saturated rings. The highest BCUT2D eigenvalue weighted by Gasteiger charge is 2.07. The van der Waals surface area contributed by atoms with E-state index < -0.39 is 0 Å². The van der Waals surface area contributed by atoms with Crippen molar-refractivity contribution in [3.63, 3.8) is 0 Å². The van der Waals surface area contributed by atoms with Crippen LogP contribution in [0.25, 0.3) is 0 Å². The molecule has 0 heterocycles. The fourth-order valence-electron chi connectivity index (χ4n) is 1.36. The van der Waals surface area contributed by atoms with Crippen LogP contribution in [0, 0.1) is 12.3 Å². The maximum atomic E-state index is 5.33. The predicted octanol–water partition coefficient (Wildman–Crippen LogP) is 2.53. The van der Waals surface area contributed by atoms with Crippen LogP contribution in [0.4, 0.5) is 0 Å². The van der Waals surface area contributed by atoms with Gasteiger partial charge in [-0.2, -0.15) is 0 Å². The fraction of sp³-hybridized carbons (Fsp3) is 0.385. The number of hydrogen-bond acceptors (Lipinski definition) is 1. The van der Waals surface area contributed by atoms with E-state index >= 15 is 0 Å². The average Bonchev–Trinajstić information content (AvgIpc) is 2.18. The van der Waals surface area contributed by atoms with Crippen molar-refractivity contribution in [1.29, 1.82) is 0 Å². The number of hydrogen-bond donors (Lipinski definition) is 0. The summed E-state index contributed by atoms with van der Waals surface area (Å²) < 4.78 is 0. The molecule has 0 spiro atoms. The molecule has 0 radical (unpaired) electrons. The third kappa shape index (κ3) is 3.24. The number of nitrogens with zero attached hydrogens (tertiary/aromatic N) is 1. The van der Waals surface area contributed by atoms with Gasteiger partial charge in [-0.05, 0) is 19.4 Å². The molecule has 0 aromatic heterocycles. The Morgan fingerprint density at radius 2 is 1.93 bits per heavy atom. The third-order valence-electron chi connectivity index (χ3n) is 2.25. The fourth-order valence-corrected chi connectivity index (χ4v) is 1.36. The molecule has 0 saturated heterocycles. The Labute approximate surface area is 86.7 Å². The summed E-state index contributed by atoms with van der Waals surface area (Å²) in [6.07, 6.45) is 5.33. The van der Waals surface area contributed by atoms with Gasteiger partial charge in [-0.25, -0.2) is 0 Å². The predicted molar refractivity (Wildman–Crippen MR) is 60.8 cm³/mol. The van der Waals surface area contributed by atoms with Crippen molar-refractivity contribution in [3.8, 4) is 12.3 Å². The van der Waals surface area contributed by atoms with E-state index in [-0.39, 0.29) is 0 Å². The van der Waals surface area contributed by atoms with Gasteiger partial charge in [-0.1, -0.05) is 36.3 Å². The van der Waals surface area contributed by atoms with Gasteiger partial charge in [0.2, 0.25) is 0 Å². The molecule has 0 aliphatic carbocycles. The normalized spacial score (nSPS) is 10.5. The number of rotatable bonds is 4. The first-order valence-electron chi connectivity index (χ1n) is 4.95. The van der Waals surface area contributed by atoms with Crippen LogP contribution < -0.4 is 0 Å². The molecular formula is C13H17N. The van der Waals surface area contributed by atoms with Gasteiger partial charge in [0.25, 0.3) is 0 Å². The van der Waals surface area contributed by atoms with Crippen LogP contribution >= 0.6 is 0 Å². The summed E-state index contributed by atoms with van der Waals surface area (Å²) in [6, 6.07) is 10.9. The Kier molecular flexibility index (Phi) is 4.22. The van der Waals surface area contributed by atoms with Crippen molar-refractivity contribution in [2.75, 3.05) is 6.54 Å². The highest BCUT2D eigenvalue weighted by molar-refractivity contribution is 5.14. The van der Waals surface area contributed by atoms with Crippen LogP contribution in [0.1, 0.15) is 19.4 Å². The second kappa shape index (κ2) is 5.47. The van der Waals surface area contributed by atoms with Gasteiger partial charge in [-0.3, -0.25) is 4.90 Å². The lowest BCUT2D eigenvalue weighted by molar-refractivity contribution is 0.241. The van der Waals surface area contributed by atoms with Crippen molar-refractivity contribution in [1.82, 2.24) is 4.90 Å². The molecule has 0 saturated carbocycles. The first kappa shape index (κ1) is 10.8. The zero-order valence-corrected chi connectivity index (χ0v) is 8.90. The molecule has 0 bridgehead atoms. The summed E-state index contributed by atoms with van der Waals surface area (Å²) in [6.45, 7) is 5.98. The topological polar surface area (TPSA) is 3.24 Å². The summed E-state index contributed by atoms with van der Waals surface area (Å²) in [5.74, 6) is 2.70. The van der Waals surface area contributed by atoms with Crippen LogP contribution in [0.15, 0.2) is 30.3 Å². The van der Waals surface area contributed by atoms with E-state index in [0.29, 0.717) is 12.6 Å². The van der Waals surface area contributed by atoms with Crippen molar-refractivity contribution in [2.24, 2.45) is 0 Å². The van der Waals surface area contributed by atoms with Gasteiger partial charge < -0.3 is 0 Å². The molecule has 14 heavy (non-hydrogen) atoms. The molecule has 1 rings (SSSR count). The van der Waals surface area contributed by atoms with Gasteiger partial charge in [0.1, 0.15) is 0 Å².